The van der Waals surface area contributed by atoms with E-state index < -0.39 is 0 Å². The van der Waals surface area contributed by atoms with Gasteiger partial charge in [0.05, 0.1) is 11.7 Å². The average Bonchev–Trinajstić information content (AvgIpc) is 3.26. The number of aryl methyl sites for hydroxylation is 1. The highest BCUT2D eigenvalue weighted by molar-refractivity contribution is 5.78. The Morgan fingerprint density at radius 3 is 2.81 bits per heavy atom. The number of amides is 1. The third kappa shape index (κ3) is 3.67. The molecular weight excluding hydrogens is 342 g/mol. The van der Waals surface area contributed by atoms with Crippen LogP contribution < -0.4 is 4.74 Å². The first kappa shape index (κ1) is 17.2. The van der Waals surface area contributed by atoms with Crippen LogP contribution in [-0.4, -0.2) is 44.7 Å². The Bertz CT molecular complexity index is 908. The summed E-state index contributed by atoms with van der Waals surface area (Å²) >= 11 is 0. The maximum Gasteiger partial charge on any atom is 0.260 e. The molecule has 0 N–H and O–H groups in total. The predicted molar refractivity (Wildman–Crippen MR) is 99.5 cm³/mol. The van der Waals surface area contributed by atoms with E-state index in [1.807, 2.05) is 30.1 Å². The van der Waals surface area contributed by atoms with Crippen LogP contribution in [0.5, 0.6) is 5.75 Å². The second kappa shape index (κ2) is 7.57. The Balaban J connectivity index is 1.38. The van der Waals surface area contributed by atoms with Crippen LogP contribution in [0.4, 0.5) is 0 Å². The van der Waals surface area contributed by atoms with Crippen molar-refractivity contribution in [1.82, 2.24) is 25.1 Å². The van der Waals surface area contributed by atoms with Gasteiger partial charge in [-0.15, -0.1) is 5.10 Å². The van der Waals surface area contributed by atoms with Gasteiger partial charge in [0.15, 0.2) is 6.61 Å². The van der Waals surface area contributed by atoms with Crippen LogP contribution in [0, 0.1) is 0 Å². The molecule has 7 heteroatoms. The number of hydrogen-bond acceptors (Lipinski definition) is 5. The molecule has 3 aromatic rings. The number of aromatic nitrogens is 4. The quantitative estimate of drug-likeness (QED) is 0.697. The summed E-state index contributed by atoms with van der Waals surface area (Å²) in [6.45, 7) is 0.0133. The van der Waals surface area contributed by atoms with E-state index in [-0.39, 0.29) is 18.6 Å². The Hall–Kier alpha value is -3.22. The summed E-state index contributed by atoms with van der Waals surface area (Å²) in [5, 5.41) is 11.1. The fourth-order valence-corrected chi connectivity index (χ4v) is 3.53. The minimum Gasteiger partial charge on any atom is -0.484 e. The Morgan fingerprint density at radius 2 is 2.04 bits per heavy atom. The van der Waals surface area contributed by atoms with Gasteiger partial charge in [0.1, 0.15) is 12.1 Å². The first-order valence-corrected chi connectivity index (χ1v) is 9.02. The highest BCUT2D eigenvalue weighted by Crippen LogP contribution is 2.33. The lowest BCUT2D eigenvalue weighted by molar-refractivity contribution is -0.134. The summed E-state index contributed by atoms with van der Waals surface area (Å²) < 4.78 is 7.25. The smallest absolute Gasteiger partial charge is 0.260 e. The van der Waals surface area contributed by atoms with E-state index in [2.05, 4.69) is 33.7 Å². The Kier molecular flexibility index (Phi) is 4.82. The van der Waals surface area contributed by atoms with Gasteiger partial charge >= 0.3 is 0 Å². The van der Waals surface area contributed by atoms with Gasteiger partial charge in [-0.25, -0.2) is 4.68 Å². The minimum absolute atomic E-state index is 0.0133. The number of rotatable bonds is 5. The van der Waals surface area contributed by atoms with Crippen molar-refractivity contribution in [2.45, 2.75) is 25.3 Å². The van der Waals surface area contributed by atoms with Gasteiger partial charge in [0.2, 0.25) is 0 Å². The van der Waals surface area contributed by atoms with Gasteiger partial charge in [-0.05, 0) is 65.1 Å². The zero-order valence-electron chi connectivity index (χ0n) is 15.2. The lowest BCUT2D eigenvalue weighted by Gasteiger charge is -2.33. The summed E-state index contributed by atoms with van der Waals surface area (Å²) in [7, 11) is 1.86. The maximum absolute atomic E-state index is 12.6. The van der Waals surface area contributed by atoms with E-state index in [1.54, 1.807) is 16.8 Å². The maximum atomic E-state index is 12.6. The molecule has 138 valence electrons. The third-order valence-corrected chi connectivity index (χ3v) is 5.01. The molecule has 7 nitrogen and oxygen atoms in total. The number of nitrogens with zero attached hydrogens (tertiary/aromatic N) is 5. The van der Waals surface area contributed by atoms with Crippen LogP contribution in [0.2, 0.25) is 0 Å². The summed E-state index contributed by atoms with van der Waals surface area (Å²) in [4.78, 5) is 14.5. The second-order valence-corrected chi connectivity index (χ2v) is 6.65. The minimum atomic E-state index is -0.0266. The summed E-state index contributed by atoms with van der Waals surface area (Å²) in [6.07, 6.45) is 4.69. The molecule has 1 aliphatic carbocycles. The molecule has 27 heavy (non-hydrogen) atoms. The number of hydrogen-bond donors (Lipinski definition) is 0. The molecule has 0 aliphatic heterocycles. The van der Waals surface area contributed by atoms with Gasteiger partial charge in [0, 0.05) is 7.05 Å². The fraction of sp³-hybridized carbons (Fsp3) is 0.300. The number of ether oxygens (including phenoxy) is 1. The van der Waals surface area contributed by atoms with E-state index >= 15 is 0 Å². The molecule has 1 amide bonds. The first-order valence-electron chi connectivity index (χ1n) is 9.02. The second-order valence-electron chi connectivity index (χ2n) is 6.65. The molecule has 0 spiro atoms. The van der Waals surface area contributed by atoms with E-state index in [4.69, 9.17) is 4.74 Å². The van der Waals surface area contributed by atoms with E-state index in [0.29, 0.717) is 5.75 Å². The Labute approximate surface area is 157 Å². The van der Waals surface area contributed by atoms with E-state index in [9.17, 15) is 4.79 Å². The summed E-state index contributed by atoms with van der Waals surface area (Å²) in [5.74, 6) is 0.610. The molecule has 2 aromatic carbocycles. The normalized spacial score (nSPS) is 15.8. The van der Waals surface area contributed by atoms with Crippen LogP contribution in [0.3, 0.4) is 0 Å². The molecule has 4 rings (SSSR count). The molecule has 0 fully saturated rings. The van der Waals surface area contributed by atoms with Gasteiger partial charge in [-0.2, -0.15) is 0 Å². The SMILES string of the molecule is CN(C(=O)COc1ccc(-n2cnnn2)cc1)C1CCCc2ccccc21. The van der Waals surface area contributed by atoms with E-state index in [0.717, 1.165) is 24.9 Å². The molecule has 0 bridgehead atoms. The van der Waals surface area contributed by atoms with Crippen molar-refractivity contribution in [2.24, 2.45) is 0 Å². The number of carbonyl (C=O) groups is 1. The molecule has 1 heterocycles. The van der Waals surface area contributed by atoms with Gasteiger partial charge < -0.3 is 9.64 Å². The third-order valence-electron chi connectivity index (χ3n) is 5.01. The fourth-order valence-electron chi connectivity index (χ4n) is 3.53. The number of benzene rings is 2. The molecule has 1 unspecified atom stereocenters. The van der Waals surface area contributed by atoms with Crippen molar-refractivity contribution in [2.75, 3.05) is 13.7 Å². The largest absolute Gasteiger partial charge is 0.484 e. The standard InChI is InChI=1S/C20H21N5O2/c1-24(19-8-4-6-15-5-2-3-7-18(15)19)20(26)13-27-17-11-9-16(10-12-17)25-14-21-22-23-25/h2-3,5,7,9-12,14,19H,4,6,8,13H2,1H3. The van der Waals surface area contributed by atoms with Crippen LogP contribution in [0.25, 0.3) is 5.69 Å². The van der Waals surface area contributed by atoms with Crippen molar-refractivity contribution in [3.8, 4) is 11.4 Å². The molecule has 0 saturated heterocycles. The number of tetrazole rings is 1. The lowest BCUT2D eigenvalue weighted by atomic mass is 9.87. The van der Waals surface area contributed by atoms with E-state index in [1.165, 1.54) is 17.5 Å². The highest BCUT2D eigenvalue weighted by Gasteiger charge is 2.26. The zero-order valence-corrected chi connectivity index (χ0v) is 15.2. The topological polar surface area (TPSA) is 73.1 Å². The van der Waals surface area contributed by atoms with Crippen molar-refractivity contribution in [1.29, 1.82) is 0 Å². The van der Waals surface area contributed by atoms with Gasteiger partial charge in [-0.1, -0.05) is 24.3 Å². The molecule has 0 saturated carbocycles. The van der Waals surface area contributed by atoms with Crippen molar-refractivity contribution in [3.05, 3.63) is 66.0 Å². The molecule has 1 aliphatic rings. The number of fused-ring (bicyclic) bond motifs is 1. The number of likely N-dealkylation sites (N-methyl/N-ethyl adjacent to an activating group) is 1. The lowest BCUT2D eigenvalue weighted by Crippen LogP contribution is -2.36. The van der Waals surface area contributed by atoms with Gasteiger partial charge in [-0.3, -0.25) is 4.79 Å². The first-order chi connectivity index (χ1) is 13.2. The highest BCUT2D eigenvalue weighted by atomic mass is 16.5. The van der Waals surface area contributed by atoms with Gasteiger partial charge in [0.25, 0.3) is 5.91 Å². The number of carbonyl (C=O) groups excluding carboxylic acids is 1. The summed E-state index contributed by atoms with van der Waals surface area (Å²) in [6, 6.07) is 15.8. The van der Waals surface area contributed by atoms with Crippen LogP contribution in [-0.2, 0) is 11.2 Å². The molecule has 1 aromatic heterocycles. The van der Waals surface area contributed by atoms with Crippen LogP contribution >= 0.6 is 0 Å². The molecular formula is C20H21N5O2. The van der Waals surface area contributed by atoms with Crippen LogP contribution in [0.15, 0.2) is 54.9 Å². The average molecular weight is 363 g/mol. The summed E-state index contributed by atoms with van der Waals surface area (Å²) in [5.41, 5.74) is 3.42. The van der Waals surface area contributed by atoms with Crippen LogP contribution in [0.1, 0.15) is 30.0 Å². The van der Waals surface area contributed by atoms with Crippen molar-refractivity contribution < 1.29 is 9.53 Å². The van der Waals surface area contributed by atoms with Crippen molar-refractivity contribution >= 4 is 5.91 Å². The predicted octanol–water partition coefficient (Wildman–Crippen LogP) is 2.58. The Morgan fingerprint density at radius 1 is 1.22 bits per heavy atom. The molecule has 0 radical (unpaired) electrons. The van der Waals surface area contributed by atoms with Crippen molar-refractivity contribution in [3.63, 3.8) is 0 Å². The molecule has 1 atom stereocenters. The monoisotopic (exact) mass is 363 g/mol. The zero-order chi connectivity index (χ0) is 18.6.